The fourth-order valence-electron chi connectivity index (χ4n) is 2.70. The molecule has 0 bridgehead atoms. The van der Waals surface area contributed by atoms with Crippen LogP contribution >= 0.6 is 0 Å². The number of anilines is 1. The quantitative estimate of drug-likeness (QED) is 0.719. The summed E-state index contributed by atoms with van der Waals surface area (Å²) in [5, 5.41) is 9.70. The van der Waals surface area contributed by atoms with E-state index in [0.29, 0.717) is 12.5 Å². The second-order valence-corrected chi connectivity index (χ2v) is 5.38. The number of nitrogen functional groups attached to an aromatic ring is 1. The first-order valence-electron chi connectivity index (χ1n) is 7.15. The lowest BCUT2D eigenvalue weighted by Crippen LogP contribution is -2.37. The van der Waals surface area contributed by atoms with Crippen molar-refractivity contribution in [1.82, 2.24) is 4.57 Å². The molecule has 1 heterocycles. The fraction of sp³-hybridized carbons (Fsp3) is 0.235. The first-order valence-corrected chi connectivity index (χ1v) is 7.15. The molecule has 108 valence electrons. The van der Waals surface area contributed by atoms with E-state index in [1.807, 2.05) is 41.0 Å². The SMILES string of the molecule is C[C@@H](O)Cn1c(N)[n+](Cc2ccccc2)c2ccccc21. The summed E-state index contributed by atoms with van der Waals surface area (Å²) in [6, 6.07) is 18.3. The minimum atomic E-state index is -0.437. The Morgan fingerprint density at radius 3 is 2.48 bits per heavy atom. The van der Waals surface area contributed by atoms with Crippen molar-refractivity contribution < 1.29 is 9.67 Å². The van der Waals surface area contributed by atoms with Gasteiger partial charge in [-0.1, -0.05) is 42.5 Å². The van der Waals surface area contributed by atoms with Gasteiger partial charge in [0.2, 0.25) is 0 Å². The Morgan fingerprint density at radius 2 is 1.76 bits per heavy atom. The summed E-state index contributed by atoms with van der Waals surface area (Å²) in [5.41, 5.74) is 9.66. The zero-order chi connectivity index (χ0) is 14.8. The minimum absolute atomic E-state index is 0.437. The Hall–Kier alpha value is -2.33. The molecule has 3 rings (SSSR count). The van der Waals surface area contributed by atoms with Crippen LogP contribution in [0, 0.1) is 0 Å². The van der Waals surface area contributed by atoms with Crippen LogP contribution in [-0.4, -0.2) is 15.8 Å². The molecule has 3 aromatic rings. The Balaban J connectivity index is 2.11. The van der Waals surface area contributed by atoms with Crippen molar-refractivity contribution >= 4 is 17.0 Å². The molecule has 0 saturated carbocycles. The van der Waals surface area contributed by atoms with Crippen molar-refractivity contribution in [3.05, 3.63) is 60.2 Å². The highest BCUT2D eigenvalue weighted by Crippen LogP contribution is 2.17. The maximum Gasteiger partial charge on any atom is 0.356 e. The van der Waals surface area contributed by atoms with E-state index in [4.69, 9.17) is 5.73 Å². The topological polar surface area (TPSA) is 55.1 Å². The molecule has 0 aliphatic rings. The van der Waals surface area contributed by atoms with Gasteiger partial charge in [0.15, 0.2) is 0 Å². The van der Waals surface area contributed by atoms with Crippen LogP contribution in [0.1, 0.15) is 12.5 Å². The molecule has 0 fully saturated rings. The van der Waals surface area contributed by atoms with Gasteiger partial charge in [-0.2, -0.15) is 0 Å². The molecular weight excluding hydrogens is 262 g/mol. The number of aliphatic hydroxyl groups excluding tert-OH is 1. The molecule has 0 saturated heterocycles. The predicted molar refractivity (Wildman–Crippen MR) is 83.8 cm³/mol. The molecule has 0 radical (unpaired) electrons. The summed E-state index contributed by atoms with van der Waals surface area (Å²) in [6.07, 6.45) is -0.437. The van der Waals surface area contributed by atoms with E-state index in [0.717, 1.165) is 17.6 Å². The van der Waals surface area contributed by atoms with Crippen LogP contribution in [0.2, 0.25) is 0 Å². The number of aliphatic hydroxyl groups is 1. The van der Waals surface area contributed by atoms with Crippen LogP contribution in [0.25, 0.3) is 11.0 Å². The Morgan fingerprint density at radius 1 is 1.10 bits per heavy atom. The number of hydrogen-bond donors (Lipinski definition) is 2. The zero-order valence-corrected chi connectivity index (χ0v) is 12.1. The van der Waals surface area contributed by atoms with Crippen molar-refractivity contribution in [3.8, 4) is 0 Å². The van der Waals surface area contributed by atoms with Crippen molar-refractivity contribution in [2.75, 3.05) is 5.73 Å². The lowest BCUT2D eigenvalue weighted by atomic mass is 10.2. The summed E-state index contributed by atoms with van der Waals surface area (Å²) in [7, 11) is 0. The molecule has 1 aromatic heterocycles. The van der Waals surface area contributed by atoms with Crippen LogP contribution in [0.5, 0.6) is 0 Å². The third kappa shape index (κ3) is 2.62. The van der Waals surface area contributed by atoms with Gasteiger partial charge in [-0.05, 0) is 24.6 Å². The molecule has 4 heteroatoms. The summed E-state index contributed by atoms with van der Waals surface area (Å²) < 4.78 is 4.07. The standard InChI is InChI=1S/C17H19N3O/c1-13(21)11-19-15-9-5-6-10-16(15)20(17(19)18)12-14-7-3-2-4-8-14/h2-10,13,18,21H,11-12H2,1H3/p+1/t13-/m1/s1. The van der Waals surface area contributed by atoms with Crippen LogP contribution in [0.4, 0.5) is 5.95 Å². The first kappa shape index (κ1) is 13.6. The number of hydrogen-bond acceptors (Lipinski definition) is 2. The lowest BCUT2D eigenvalue weighted by molar-refractivity contribution is -0.648. The van der Waals surface area contributed by atoms with Gasteiger partial charge in [0, 0.05) is 0 Å². The highest BCUT2D eigenvalue weighted by atomic mass is 16.3. The van der Waals surface area contributed by atoms with E-state index < -0.39 is 6.10 Å². The van der Waals surface area contributed by atoms with E-state index in [9.17, 15) is 5.11 Å². The number of benzene rings is 2. The predicted octanol–water partition coefficient (Wildman–Crippen LogP) is 1.94. The van der Waals surface area contributed by atoms with E-state index in [1.54, 1.807) is 6.92 Å². The summed E-state index contributed by atoms with van der Waals surface area (Å²) in [5.74, 6) is 0.668. The number of para-hydroxylation sites is 2. The van der Waals surface area contributed by atoms with Crippen molar-refractivity contribution in [1.29, 1.82) is 0 Å². The molecule has 2 aromatic carbocycles. The van der Waals surface area contributed by atoms with E-state index in [1.165, 1.54) is 5.56 Å². The van der Waals surface area contributed by atoms with Gasteiger partial charge in [-0.3, -0.25) is 5.73 Å². The number of imidazole rings is 1. The van der Waals surface area contributed by atoms with Crippen molar-refractivity contribution in [2.45, 2.75) is 26.1 Å². The van der Waals surface area contributed by atoms with Crippen LogP contribution in [0.15, 0.2) is 54.6 Å². The average Bonchev–Trinajstić information content (AvgIpc) is 2.74. The number of rotatable bonds is 4. The van der Waals surface area contributed by atoms with Crippen LogP contribution < -0.4 is 10.3 Å². The summed E-state index contributed by atoms with van der Waals surface area (Å²) in [4.78, 5) is 0. The average molecular weight is 282 g/mol. The van der Waals surface area contributed by atoms with Gasteiger partial charge in [-0.15, -0.1) is 0 Å². The molecule has 0 aliphatic heterocycles. The maximum atomic E-state index is 9.70. The highest BCUT2D eigenvalue weighted by Gasteiger charge is 2.21. The fourth-order valence-corrected chi connectivity index (χ4v) is 2.70. The number of nitrogens with two attached hydrogens (primary N) is 1. The molecule has 21 heavy (non-hydrogen) atoms. The number of aromatic nitrogens is 2. The zero-order valence-electron chi connectivity index (χ0n) is 12.1. The van der Waals surface area contributed by atoms with Gasteiger partial charge >= 0.3 is 5.95 Å². The molecule has 4 nitrogen and oxygen atoms in total. The molecule has 0 amide bonds. The second kappa shape index (κ2) is 5.58. The van der Waals surface area contributed by atoms with Gasteiger partial charge < -0.3 is 5.11 Å². The van der Waals surface area contributed by atoms with Gasteiger partial charge in [0.05, 0.1) is 19.2 Å². The molecule has 1 atom stereocenters. The molecular formula is C17H20N3O+. The summed E-state index contributed by atoms with van der Waals surface area (Å²) in [6.45, 7) is 2.99. The maximum absolute atomic E-state index is 9.70. The molecule has 0 spiro atoms. The monoisotopic (exact) mass is 282 g/mol. The molecule has 3 N–H and O–H groups in total. The molecule has 0 aliphatic carbocycles. The number of nitrogens with zero attached hydrogens (tertiary/aromatic N) is 2. The normalized spacial score (nSPS) is 12.7. The summed E-state index contributed by atoms with van der Waals surface area (Å²) >= 11 is 0. The lowest BCUT2D eigenvalue weighted by Gasteiger charge is -2.04. The first-order chi connectivity index (χ1) is 10.2. The molecule has 0 unspecified atom stereocenters. The Kier molecular flexibility index (Phi) is 3.62. The van der Waals surface area contributed by atoms with Crippen molar-refractivity contribution in [2.24, 2.45) is 0 Å². The Bertz CT molecular complexity index is 747. The van der Waals surface area contributed by atoms with E-state index in [-0.39, 0.29) is 0 Å². The van der Waals surface area contributed by atoms with Crippen LogP contribution in [0.3, 0.4) is 0 Å². The second-order valence-electron chi connectivity index (χ2n) is 5.38. The third-order valence-corrected chi connectivity index (χ3v) is 3.65. The number of fused-ring (bicyclic) bond motifs is 1. The van der Waals surface area contributed by atoms with Gasteiger partial charge in [0.25, 0.3) is 0 Å². The smallest absolute Gasteiger partial charge is 0.356 e. The largest absolute Gasteiger partial charge is 0.390 e. The van der Waals surface area contributed by atoms with E-state index >= 15 is 0 Å². The van der Waals surface area contributed by atoms with Gasteiger partial charge in [0.1, 0.15) is 11.0 Å². The van der Waals surface area contributed by atoms with E-state index in [2.05, 4.69) is 22.8 Å². The highest BCUT2D eigenvalue weighted by molar-refractivity contribution is 5.73. The third-order valence-electron chi connectivity index (χ3n) is 3.65. The van der Waals surface area contributed by atoms with Crippen LogP contribution in [-0.2, 0) is 13.1 Å². The Labute approximate surface area is 124 Å². The van der Waals surface area contributed by atoms with Crippen molar-refractivity contribution in [3.63, 3.8) is 0 Å². The van der Waals surface area contributed by atoms with Gasteiger partial charge in [-0.25, -0.2) is 9.13 Å². The minimum Gasteiger partial charge on any atom is -0.390 e.